The molecule has 170 valence electrons. The maximum atomic E-state index is 13.1. The molecule has 0 bridgehead atoms. The number of nitrogens with zero attached hydrogens (tertiary/aromatic N) is 3. The van der Waals surface area contributed by atoms with Gasteiger partial charge in [-0.25, -0.2) is 18.1 Å². The van der Waals surface area contributed by atoms with Crippen molar-refractivity contribution in [1.29, 1.82) is 0 Å². The first-order valence-corrected chi connectivity index (χ1v) is 10.3. The van der Waals surface area contributed by atoms with Crippen LogP contribution >= 0.6 is 0 Å². The summed E-state index contributed by atoms with van der Waals surface area (Å²) in [5, 5.41) is 16.2. The van der Waals surface area contributed by atoms with Gasteiger partial charge in [0.15, 0.2) is 5.75 Å². The van der Waals surface area contributed by atoms with Gasteiger partial charge >= 0.3 is 5.97 Å². The standard InChI is InChI=1S/C23H20F2N4O4/c1-12-7-15-8-16(4-6-28(15)19(12)21(30)27-14-9-23(24,25)10-14)33-18-3-5-26-29-11-17(22(31)32)13(2)20(18)29/h3-8,11,14H,9-10H2,1-2H3,(H,27,30)(H,31,32). The molecule has 0 unspecified atom stereocenters. The van der Waals surface area contributed by atoms with E-state index in [1.165, 1.54) is 16.9 Å². The number of amides is 1. The Morgan fingerprint density at radius 2 is 2.00 bits per heavy atom. The molecule has 1 amide bonds. The van der Waals surface area contributed by atoms with E-state index in [1.807, 2.05) is 6.07 Å². The summed E-state index contributed by atoms with van der Waals surface area (Å²) in [6.45, 7) is 3.47. The van der Waals surface area contributed by atoms with Crippen molar-refractivity contribution in [3.63, 3.8) is 0 Å². The number of hydrogen-bond donors (Lipinski definition) is 2. The number of carboxylic acids is 1. The molecule has 4 heterocycles. The number of aromatic nitrogens is 3. The maximum absolute atomic E-state index is 13.1. The molecule has 10 heteroatoms. The molecule has 1 aliphatic carbocycles. The molecule has 8 nitrogen and oxygen atoms in total. The predicted octanol–water partition coefficient (Wildman–Crippen LogP) is 4.22. The van der Waals surface area contributed by atoms with Crippen molar-refractivity contribution in [1.82, 2.24) is 19.3 Å². The number of nitrogens with one attached hydrogen (secondary N) is 1. The van der Waals surface area contributed by atoms with Crippen molar-refractivity contribution in [2.24, 2.45) is 0 Å². The van der Waals surface area contributed by atoms with Crippen molar-refractivity contribution >= 4 is 22.9 Å². The second kappa shape index (κ2) is 7.29. The molecule has 1 saturated carbocycles. The number of rotatable bonds is 5. The monoisotopic (exact) mass is 454 g/mol. The van der Waals surface area contributed by atoms with Gasteiger partial charge in [0.2, 0.25) is 0 Å². The highest BCUT2D eigenvalue weighted by molar-refractivity contribution is 5.96. The lowest BCUT2D eigenvalue weighted by Crippen LogP contribution is -2.50. The summed E-state index contributed by atoms with van der Waals surface area (Å²) < 4.78 is 35.4. The third-order valence-electron chi connectivity index (χ3n) is 5.92. The van der Waals surface area contributed by atoms with Gasteiger partial charge in [0.1, 0.15) is 17.0 Å². The fourth-order valence-corrected chi connectivity index (χ4v) is 4.31. The Labute approximate surface area is 186 Å². The lowest BCUT2D eigenvalue weighted by molar-refractivity contribution is -0.0901. The van der Waals surface area contributed by atoms with E-state index in [4.69, 9.17) is 4.74 Å². The van der Waals surface area contributed by atoms with Gasteiger partial charge in [-0.1, -0.05) is 0 Å². The number of aryl methyl sites for hydroxylation is 2. The first kappa shape index (κ1) is 20.9. The normalized spacial score (nSPS) is 15.5. The molecule has 5 rings (SSSR count). The maximum Gasteiger partial charge on any atom is 0.337 e. The van der Waals surface area contributed by atoms with Crippen molar-refractivity contribution < 1.29 is 28.2 Å². The predicted molar refractivity (Wildman–Crippen MR) is 115 cm³/mol. The van der Waals surface area contributed by atoms with E-state index in [-0.39, 0.29) is 18.4 Å². The summed E-state index contributed by atoms with van der Waals surface area (Å²) in [6.07, 6.45) is 3.93. The third-order valence-corrected chi connectivity index (χ3v) is 5.92. The van der Waals surface area contributed by atoms with Crippen LogP contribution in [0.4, 0.5) is 8.78 Å². The molecule has 4 aromatic heterocycles. The van der Waals surface area contributed by atoms with Crippen LogP contribution in [-0.2, 0) is 0 Å². The second-order valence-electron chi connectivity index (χ2n) is 8.33. The average Bonchev–Trinajstić information content (AvgIpc) is 3.23. The molecule has 0 radical (unpaired) electrons. The van der Waals surface area contributed by atoms with Crippen LogP contribution in [0.15, 0.2) is 42.9 Å². The van der Waals surface area contributed by atoms with E-state index >= 15 is 0 Å². The van der Waals surface area contributed by atoms with Crippen LogP contribution in [-0.4, -0.2) is 43.0 Å². The van der Waals surface area contributed by atoms with Crippen LogP contribution in [0.3, 0.4) is 0 Å². The van der Waals surface area contributed by atoms with E-state index in [2.05, 4.69) is 10.4 Å². The molecule has 0 spiro atoms. The summed E-state index contributed by atoms with van der Waals surface area (Å²) >= 11 is 0. The quantitative estimate of drug-likeness (QED) is 0.471. The summed E-state index contributed by atoms with van der Waals surface area (Å²) in [6, 6.07) is 6.34. The lowest BCUT2D eigenvalue weighted by atomic mass is 9.88. The molecule has 33 heavy (non-hydrogen) atoms. The summed E-state index contributed by atoms with van der Waals surface area (Å²) in [5.74, 6) is -3.24. The number of ether oxygens (including phenoxy) is 1. The number of halogens is 2. The molecule has 4 aromatic rings. The Balaban J connectivity index is 1.44. The van der Waals surface area contributed by atoms with Crippen LogP contribution in [0.1, 0.15) is 44.8 Å². The number of pyridine rings is 1. The highest BCUT2D eigenvalue weighted by Crippen LogP contribution is 2.37. The number of aromatic carboxylic acids is 1. The molecule has 0 aromatic carbocycles. The average molecular weight is 454 g/mol. The summed E-state index contributed by atoms with van der Waals surface area (Å²) in [4.78, 5) is 24.2. The Hall–Kier alpha value is -3.95. The highest BCUT2D eigenvalue weighted by atomic mass is 19.3. The third kappa shape index (κ3) is 3.57. The number of carbonyl (C=O) groups is 2. The van der Waals surface area contributed by atoms with Crippen LogP contribution in [0, 0.1) is 13.8 Å². The van der Waals surface area contributed by atoms with Crippen LogP contribution in [0.2, 0.25) is 0 Å². The van der Waals surface area contributed by atoms with Gasteiger partial charge in [0, 0.05) is 48.9 Å². The largest absolute Gasteiger partial charge is 0.478 e. The summed E-state index contributed by atoms with van der Waals surface area (Å²) in [7, 11) is 0. The molecule has 1 fully saturated rings. The first-order valence-electron chi connectivity index (χ1n) is 10.3. The minimum Gasteiger partial charge on any atom is -0.478 e. The van der Waals surface area contributed by atoms with Gasteiger partial charge in [-0.15, -0.1) is 0 Å². The van der Waals surface area contributed by atoms with E-state index in [1.54, 1.807) is 42.6 Å². The lowest BCUT2D eigenvalue weighted by Gasteiger charge is -2.35. The van der Waals surface area contributed by atoms with Gasteiger partial charge in [0.05, 0.1) is 11.8 Å². The zero-order chi connectivity index (χ0) is 23.5. The van der Waals surface area contributed by atoms with Crippen molar-refractivity contribution in [2.75, 3.05) is 0 Å². The van der Waals surface area contributed by atoms with Gasteiger partial charge in [-0.05, 0) is 37.1 Å². The number of hydrogen-bond acceptors (Lipinski definition) is 4. The number of carboxylic acid groups (broad SMARTS) is 1. The topological polar surface area (TPSA) is 97.3 Å². The van der Waals surface area contributed by atoms with E-state index in [0.29, 0.717) is 39.4 Å². The molecular weight excluding hydrogens is 434 g/mol. The zero-order valence-corrected chi connectivity index (χ0v) is 17.8. The van der Waals surface area contributed by atoms with Crippen molar-refractivity contribution in [3.05, 3.63) is 65.2 Å². The van der Waals surface area contributed by atoms with E-state index < -0.39 is 23.8 Å². The molecule has 2 N–H and O–H groups in total. The van der Waals surface area contributed by atoms with Crippen molar-refractivity contribution in [3.8, 4) is 11.5 Å². The van der Waals surface area contributed by atoms with Crippen LogP contribution in [0.5, 0.6) is 11.5 Å². The highest BCUT2D eigenvalue weighted by Gasteiger charge is 2.46. The number of fused-ring (bicyclic) bond motifs is 2. The fourth-order valence-electron chi connectivity index (χ4n) is 4.31. The molecule has 0 aliphatic heterocycles. The Bertz CT molecular complexity index is 1430. The minimum absolute atomic E-state index is 0.135. The first-order chi connectivity index (χ1) is 15.6. The molecule has 1 aliphatic rings. The molecule has 0 atom stereocenters. The Morgan fingerprint density at radius 3 is 2.70 bits per heavy atom. The van der Waals surface area contributed by atoms with E-state index in [0.717, 1.165) is 0 Å². The smallest absolute Gasteiger partial charge is 0.337 e. The Kier molecular flexibility index (Phi) is 4.62. The fraction of sp³-hybridized carbons (Fsp3) is 0.261. The van der Waals surface area contributed by atoms with Crippen LogP contribution < -0.4 is 10.1 Å². The SMILES string of the molecule is Cc1cc2cc(Oc3ccnn4cc(C(=O)O)c(C)c34)ccn2c1C(=O)NC1CC(F)(F)C1. The Morgan fingerprint density at radius 1 is 1.24 bits per heavy atom. The zero-order valence-electron chi connectivity index (χ0n) is 17.8. The second-order valence-corrected chi connectivity index (χ2v) is 8.33. The number of alkyl halides is 2. The summed E-state index contributed by atoms with van der Waals surface area (Å²) in [5.41, 5.74) is 2.99. The van der Waals surface area contributed by atoms with Crippen LogP contribution in [0.25, 0.3) is 11.0 Å². The van der Waals surface area contributed by atoms with Gasteiger partial charge in [0.25, 0.3) is 11.8 Å². The molecule has 0 saturated heterocycles. The minimum atomic E-state index is -2.71. The van der Waals surface area contributed by atoms with E-state index in [9.17, 15) is 23.5 Å². The van der Waals surface area contributed by atoms with Crippen molar-refractivity contribution in [2.45, 2.75) is 38.7 Å². The van der Waals surface area contributed by atoms with Gasteiger partial charge in [-0.3, -0.25) is 4.79 Å². The van der Waals surface area contributed by atoms with Gasteiger partial charge in [-0.2, -0.15) is 5.10 Å². The number of carbonyl (C=O) groups excluding carboxylic acids is 1. The molecular formula is C23H20F2N4O4. The van der Waals surface area contributed by atoms with Gasteiger partial charge < -0.3 is 19.6 Å².